The maximum atomic E-state index is 12.5. The van der Waals surface area contributed by atoms with E-state index in [1.165, 1.54) is 18.3 Å². The highest BCUT2D eigenvalue weighted by Crippen LogP contribution is 2.37. The van der Waals surface area contributed by atoms with Crippen molar-refractivity contribution >= 4 is 30.1 Å². The number of thioether (sulfide) groups is 1. The van der Waals surface area contributed by atoms with Crippen LogP contribution in [-0.2, 0) is 0 Å². The molecule has 4 nitrogen and oxygen atoms in total. The van der Waals surface area contributed by atoms with Crippen LogP contribution in [0.4, 0.5) is 13.2 Å². The summed E-state index contributed by atoms with van der Waals surface area (Å²) in [5, 5.41) is 5.70. The van der Waals surface area contributed by atoms with Gasteiger partial charge in [-0.3, -0.25) is 4.79 Å². The quantitative estimate of drug-likeness (QED) is 0.819. The van der Waals surface area contributed by atoms with E-state index in [2.05, 4.69) is 15.6 Å². The molecule has 1 aromatic rings. The van der Waals surface area contributed by atoms with Crippen LogP contribution in [0.1, 0.15) is 23.7 Å². The van der Waals surface area contributed by atoms with Crippen molar-refractivity contribution in [3.05, 3.63) is 23.9 Å². The number of pyridine rings is 1. The normalized spacial score (nSPS) is 21.8. The van der Waals surface area contributed by atoms with Crippen molar-refractivity contribution in [2.45, 2.75) is 29.9 Å². The Morgan fingerprint density at radius 1 is 1.50 bits per heavy atom. The van der Waals surface area contributed by atoms with Gasteiger partial charge in [0.2, 0.25) is 0 Å². The lowest BCUT2D eigenvalue weighted by Crippen LogP contribution is -2.48. The van der Waals surface area contributed by atoms with E-state index in [9.17, 15) is 18.0 Å². The van der Waals surface area contributed by atoms with Crippen LogP contribution in [0.15, 0.2) is 23.4 Å². The van der Waals surface area contributed by atoms with Crippen LogP contribution >= 0.6 is 24.2 Å². The lowest BCUT2D eigenvalue weighted by Gasteiger charge is -2.30. The van der Waals surface area contributed by atoms with E-state index in [1.807, 2.05) is 6.92 Å². The van der Waals surface area contributed by atoms with E-state index < -0.39 is 11.4 Å². The molecule has 1 saturated heterocycles. The summed E-state index contributed by atoms with van der Waals surface area (Å²) in [7, 11) is 0. The van der Waals surface area contributed by atoms with Crippen LogP contribution in [0.25, 0.3) is 0 Å². The van der Waals surface area contributed by atoms with Crippen LogP contribution in [0.2, 0.25) is 0 Å². The monoisotopic (exact) mass is 355 g/mol. The minimum atomic E-state index is -4.47. The van der Waals surface area contributed by atoms with Gasteiger partial charge in [0.05, 0.1) is 5.56 Å². The molecule has 0 spiro atoms. The molecule has 124 valence electrons. The number of hydrogen-bond donors (Lipinski definition) is 2. The Bertz CT molecular complexity index is 516. The van der Waals surface area contributed by atoms with Gasteiger partial charge in [-0.25, -0.2) is 4.98 Å². The van der Waals surface area contributed by atoms with Gasteiger partial charge in [-0.1, -0.05) is 6.92 Å². The molecule has 2 N–H and O–H groups in total. The Morgan fingerprint density at radius 3 is 2.86 bits per heavy atom. The van der Waals surface area contributed by atoms with Gasteiger partial charge >= 0.3 is 5.51 Å². The molecule has 2 unspecified atom stereocenters. The van der Waals surface area contributed by atoms with E-state index in [1.54, 1.807) is 0 Å². The first-order chi connectivity index (χ1) is 9.87. The van der Waals surface area contributed by atoms with Crippen LogP contribution in [0.5, 0.6) is 0 Å². The summed E-state index contributed by atoms with van der Waals surface area (Å²) in [6.45, 7) is 3.56. The number of nitrogens with zero attached hydrogens (tertiary/aromatic N) is 1. The first kappa shape index (κ1) is 19.1. The molecule has 2 heterocycles. The fourth-order valence-corrected chi connectivity index (χ4v) is 2.83. The lowest BCUT2D eigenvalue weighted by molar-refractivity contribution is -0.0329. The van der Waals surface area contributed by atoms with E-state index in [4.69, 9.17) is 0 Å². The number of halogens is 4. The summed E-state index contributed by atoms with van der Waals surface area (Å²) in [5.41, 5.74) is -4.50. The Labute approximate surface area is 137 Å². The predicted octanol–water partition coefficient (Wildman–Crippen LogP) is 2.84. The Kier molecular flexibility index (Phi) is 6.96. The molecule has 0 saturated carbocycles. The van der Waals surface area contributed by atoms with Crippen LogP contribution in [0.3, 0.4) is 0 Å². The topological polar surface area (TPSA) is 54.0 Å². The third kappa shape index (κ3) is 5.33. The molecular weight excluding hydrogens is 339 g/mol. The molecule has 9 heteroatoms. The van der Waals surface area contributed by atoms with Crippen molar-refractivity contribution in [1.82, 2.24) is 15.6 Å². The van der Waals surface area contributed by atoms with Crippen LogP contribution < -0.4 is 10.6 Å². The first-order valence-corrected chi connectivity index (χ1v) is 7.41. The standard InChI is InChI=1S/C13H16F3N3OS.ClH/c1-8-7-17-6-4-10(8)19-11(20)9-3-2-5-18-12(9)21-13(14,15)16;/h2-3,5,8,10,17H,4,6-7H2,1H3,(H,19,20);1H. The molecule has 1 amide bonds. The average molecular weight is 356 g/mol. The maximum Gasteiger partial charge on any atom is 0.447 e. The Balaban J connectivity index is 0.00000242. The smallest absolute Gasteiger partial charge is 0.349 e. The number of carbonyl (C=O) groups is 1. The highest BCUT2D eigenvalue weighted by atomic mass is 35.5. The van der Waals surface area contributed by atoms with Crippen molar-refractivity contribution in [3.63, 3.8) is 0 Å². The number of nitrogens with one attached hydrogen (secondary N) is 2. The van der Waals surface area contributed by atoms with Crippen molar-refractivity contribution in [3.8, 4) is 0 Å². The predicted molar refractivity (Wildman–Crippen MR) is 81.3 cm³/mol. The number of aromatic nitrogens is 1. The SMILES string of the molecule is CC1CNCCC1NC(=O)c1cccnc1SC(F)(F)F.Cl. The molecule has 1 fully saturated rings. The molecule has 0 bridgehead atoms. The third-order valence-corrected chi connectivity index (χ3v) is 4.08. The summed E-state index contributed by atoms with van der Waals surface area (Å²) in [4.78, 5) is 15.9. The van der Waals surface area contributed by atoms with Gasteiger partial charge in [-0.2, -0.15) is 13.2 Å². The molecular formula is C13H17ClF3N3OS. The third-order valence-electron chi connectivity index (χ3n) is 3.33. The van der Waals surface area contributed by atoms with Crippen molar-refractivity contribution in [1.29, 1.82) is 0 Å². The minimum Gasteiger partial charge on any atom is -0.349 e. The van der Waals surface area contributed by atoms with Crippen LogP contribution in [-0.4, -0.2) is 35.5 Å². The molecule has 0 aromatic carbocycles. The lowest BCUT2D eigenvalue weighted by atomic mass is 9.95. The fraction of sp³-hybridized carbons (Fsp3) is 0.538. The molecule has 0 aliphatic carbocycles. The number of alkyl halides is 3. The zero-order valence-corrected chi connectivity index (χ0v) is 13.4. The summed E-state index contributed by atoms with van der Waals surface area (Å²) < 4.78 is 37.5. The largest absolute Gasteiger partial charge is 0.447 e. The Morgan fingerprint density at radius 2 is 2.23 bits per heavy atom. The van der Waals surface area contributed by atoms with Gasteiger partial charge < -0.3 is 10.6 Å². The van der Waals surface area contributed by atoms with Crippen molar-refractivity contribution < 1.29 is 18.0 Å². The minimum absolute atomic E-state index is 0. The molecule has 0 radical (unpaired) electrons. The van der Waals surface area contributed by atoms with E-state index in [-0.39, 0.29) is 46.7 Å². The highest BCUT2D eigenvalue weighted by Gasteiger charge is 2.33. The fourth-order valence-electron chi connectivity index (χ4n) is 2.23. The number of rotatable bonds is 3. The van der Waals surface area contributed by atoms with E-state index in [0.717, 1.165) is 19.5 Å². The zero-order valence-electron chi connectivity index (χ0n) is 11.8. The molecule has 1 aromatic heterocycles. The first-order valence-electron chi connectivity index (χ1n) is 6.59. The number of carbonyl (C=O) groups excluding carboxylic acids is 1. The summed E-state index contributed by atoms with van der Waals surface area (Å²) in [6.07, 6.45) is 2.01. The molecule has 2 atom stereocenters. The second kappa shape index (κ2) is 8.03. The number of hydrogen-bond acceptors (Lipinski definition) is 4. The van der Waals surface area contributed by atoms with Crippen molar-refractivity contribution in [2.24, 2.45) is 5.92 Å². The molecule has 22 heavy (non-hydrogen) atoms. The zero-order chi connectivity index (χ0) is 15.5. The number of piperidine rings is 1. The number of amides is 1. The maximum absolute atomic E-state index is 12.5. The average Bonchev–Trinajstić information content (AvgIpc) is 2.40. The van der Waals surface area contributed by atoms with Gasteiger partial charge in [0.25, 0.3) is 5.91 Å². The summed E-state index contributed by atoms with van der Waals surface area (Å²) >= 11 is -0.366. The molecule has 1 aliphatic heterocycles. The second-order valence-electron chi connectivity index (χ2n) is 4.95. The molecule has 2 rings (SSSR count). The van der Waals surface area contributed by atoms with E-state index in [0.29, 0.717) is 0 Å². The summed E-state index contributed by atoms with van der Waals surface area (Å²) in [6, 6.07) is 2.78. The highest BCUT2D eigenvalue weighted by molar-refractivity contribution is 8.00. The van der Waals surface area contributed by atoms with Gasteiger partial charge in [0.1, 0.15) is 5.03 Å². The van der Waals surface area contributed by atoms with Gasteiger partial charge in [-0.15, -0.1) is 12.4 Å². The van der Waals surface area contributed by atoms with Crippen molar-refractivity contribution in [2.75, 3.05) is 13.1 Å². The van der Waals surface area contributed by atoms with Crippen LogP contribution in [0, 0.1) is 5.92 Å². The molecule has 1 aliphatic rings. The Hall–Kier alpha value is -0.990. The second-order valence-corrected chi connectivity index (χ2v) is 6.01. The van der Waals surface area contributed by atoms with Gasteiger partial charge in [0, 0.05) is 24.0 Å². The summed E-state index contributed by atoms with van der Waals surface area (Å²) in [5.74, 6) is -0.272. The van der Waals surface area contributed by atoms with Gasteiger partial charge in [0.15, 0.2) is 0 Å². The van der Waals surface area contributed by atoms with E-state index >= 15 is 0 Å². The van der Waals surface area contributed by atoms with Gasteiger partial charge in [-0.05, 0) is 37.6 Å².